The summed E-state index contributed by atoms with van der Waals surface area (Å²) in [4.78, 5) is 4.24. The molecule has 0 aliphatic carbocycles. The van der Waals surface area contributed by atoms with Crippen LogP contribution >= 0.6 is 11.3 Å². The number of thiophene rings is 1. The molecule has 3 heterocycles. The monoisotopic (exact) mass is 234 g/mol. The lowest BCUT2D eigenvalue weighted by Gasteiger charge is -1.89. The van der Waals surface area contributed by atoms with Gasteiger partial charge in [-0.25, -0.2) is 4.68 Å². The molecule has 3 rings (SSSR count). The van der Waals surface area contributed by atoms with Gasteiger partial charge in [-0.05, 0) is 21.9 Å². The van der Waals surface area contributed by atoms with Gasteiger partial charge in [-0.3, -0.25) is 0 Å². The maximum atomic E-state index is 5.09. The molecule has 7 nitrogen and oxygen atoms in total. The fourth-order valence-corrected chi connectivity index (χ4v) is 1.85. The molecule has 0 aliphatic heterocycles. The van der Waals surface area contributed by atoms with Crippen LogP contribution in [0.4, 0.5) is 0 Å². The number of tetrazole rings is 1. The summed E-state index contributed by atoms with van der Waals surface area (Å²) < 4.78 is 6.61. The van der Waals surface area contributed by atoms with E-state index in [1.165, 1.54) is 11.0 Å². The van der Waals surface area contributed by atoms with E-state index < -0.39 is 0 Å². The molecule has 0 atom stereocenters. The van der Waals surface area contributed by atoms with E-state index in [1.54, 1.807) is 11.3 Å². The number of nitrogens with zero attached hydrogens (tertiary/aromatic N) is 6. The first-order valence-corrected chi connectivity index (χ1v) is 5.42. The molecule has 0 saturated heterocycles. The maximum Gasteiger partial charge on any atom is 0.248 e. The summed E-state index contributed by atoms with van der Waals surface area (Å²) in [5.41, 5.74) is 0.955. The van der Waals surface area contributed by atoms with E-state index in [0.717, 1.165) is 5.56 Å². The highest BCUT2D eigenvalue weighted by atomic mass is 32.1. The highest BCUT2D eigenvalue weighted by Gasteiger charge is 2.09. The van der Waals surface area contributed by atoms with Gasteiger partial charge in [-0.2, -0.15) is 16.3 Å². The normalized spacial score (nSPS) is 10.8. The Morgan fingerprint density at radius 2 is 2.44 bits per heavy atom. The lowest BCUT2D eigenvalue weighted by atomic mass is 10.3. The third kappa shape index (κ3) is 1.70. The van der Waals surface area contributed by atoms with Crippen molar-refractivity contribution in [1.82, 2.24) is 30.3 Å². The van der Waals surface area contributed by atoms with E-state index in [4.69, 9.17) is 4.52 Å². The smallest absolute Gasteiger partial charge is 0.248 e. The summed E-state index contributed by atoms with van der Waals surface area (Å²) in [6.07, 6.45) is 1.49. The quantitative estimate of drug-likeness (QED) is 0.667. The molecule has 3 aromatic rings. The van der Waals surface area contributed by atoms with E-state index in [-0.39, 0.29) is 0 Å². The molecule has 0 fully saturated rings. The minimum Gasteiger partial charge on any atom is -0.337 e. The van der Waals surface area contributed by atoms with E-state index >= 15 is 0 Å². The van der Waals surface area contributed by atoms with Gasteiger partial charge >= 0.3 is 0 Å². The largest absolute Gasteiger partial charge is 0.337 e. The van der Waals surface area contributed by atoms with Crippen molar-refractivity contribution in [3.8, 4) is 11.4 Å². The standard InChI is InChI=1S/C8H6N6OS/c1-2-16-4-6(1)8-10-7(15-11-8)3-14-5-9-12-13-14/h1-2,4-5H,3H2. The molecule has 0 aliphatic rings. The molecular formula is C8H6N6OS. The predicted octanol–water partition coefficient (Wildman–Crippen LogP) is 0.833. The van der Waals surface area contributed by atoms with Crippen molar-refractivity contribution in [1.29, 1.82) is 0 Å². The summed E-state index contributed by atoms with van der Waals surface area (Å²) >= 11 is 1.59. The average Bonchev–Trinajstić information content (AvgIpc) is 2.99. The van der Waals surface area contributed by atoms with Crippen molar-refractivity contribution in [2.45, 2.75) is 6.54 Å². The maximum absolute atomic E-state index is 5.09. The van der Waals surface area contributed by atoms with E-state index in [1.807, 2.05) is 16.8 Å². The molecule has 0 amide bonds. The molecule has 0 N–H and O–H groups in total. The van der Waals surface area contributed by atoms with Crippen LogP contribution < -0.4 is 0 Å². The van der Waals surface area contributed by atoms with Crippen LogP contribution in [0.15, 0.2) is 27.7 Å². The van der Waals surface area contributed by atoms with Crippen LogP contribution in [0.3, 0.4) is 0 Å². The van der Waals surface area contributed by atoms with Crippen LogP contribution in [0.5, 0.6) is 0 Å². The van der Waals surface area contributed by atoms with Crippen molar-refractivity contribution in [2.75, 3.05) is 0 Å². The molecular weight excluding hydrogens is 228 g/mol. The fourth-order valence-electron chi connectivity index (χ4n) is 1.22. The van der Waals surface area contributed by atoms with Gasteiger partial charge in [0.25, 0.3) is 0 Å². The molecule has 3 aromatic heterocycles. The van der Waals surface area contributed by atoms with Gasteiger partial charge in [-0.15, -0.1) is 5.10 Å². The Kier molecular flexibility index (Phi) is 2.18. The molecule has 80 valence electrons. The summed E-state index contributed by atoms with van der Waals surface area (Å²) in [7, 11) is 0. The van der Waals surface area contributed by atoms with Gasteiger partial charge < -0.3 is 4.52 Å². The van der Waals surface area contributed by atoms with Crippen LogP contribution in [0.25, 0.3) is 11.4 Å². The van der Waals surface area contributed by atoms with Gasteiger partial charge in [0, 0.05) is 10.9 Å². The highest BCUT2D eigenvalue weighted by Crippen LogP contribution is 2.18. The molecule has 0 spiro atoms. The molecule has 0 bridgehead atoms. The van der Waals surface area contributed by atoms with Crippen LogP contribution in [-0.2, 0) is 6.54 Å². The van der Waals surface area contributed by atoms with Crippen molar-refractivity contribution >= 4 is 11.3 Å². The van der Waals surface area contributed by atoms with Crippen molar-refractivity contribution < 1.29 is 4.52 Å². The second-order valence-electron chi connectivity index (χ2n) is 3.03. The summed E-state index contributed by atoms with van der Waals surface area (Å²) in [6.45, 7) is 0.379. The Balaban J connectivity index is 1.83. The summed E-state index contributed by atoms with van der Waals surface area (Å²) in [6, 6.07) is 1.94. The third-order valence-corrected chi connectivity index (χ3v) is 2.62. The van der Waals surface area contributed by atoms with Crippen LogP contribution in [0.1, 0.15) is 5.89 Å². The lowest BCUT2D eigenvalue weighted by Crippen LogP contribution is -2.00. The van der Waals surface area contributed by atoms with Crippen LogP contribution in [0.2, 0.25) is 0 Å². The van der Waals surface area contributed by atoms with E-state index in [9.17, 15) is 0 Å². The molecule has 16 heavy (non-hydrogen) atoms. The van der Waals surface area contributed by atoms with Crippen molar-refractivity contribution in [2.24, 2.45) is 0 Å². The first-order valence-electron chi connectivity index (χ1n) is 4.48. The zero-order valence-electron chi connectivity index (χ0n) is 8.02. The molecule has 0 unspecified atom stereocenters. The van der Waals surface area contributed by atoms with Gasteiger partial charge in [-0.1, -0.05) is 5.16 Å². The van der Waals surface area contributed by atoms with E-state index in [0.29, 0.717) is 18.3 Å². The number of rotatable bonds is 3. The average molecular weight is 234 g/mol. The number of aromatic nitrogens is 6. The van der Waals surface area contributed by atoms with Gasteiger partial charge in [0.1, 0.15) is 12.9 Å². The molecule has 0 aromatic carbocycles. The second-order valence-corrected chi connectivity index (χ2v) is 3.81. The SMILES string of the molecule is c1cc(-c2noc(Cn3cnnn3)n2)cs1. The first kappa shape index (κ1) is 9.16. The zero-order valence-corrected chi connectivity index (χ0v) is 8.83. The first-order chi connectivity index (χ1) is 7.92. The van der Waals surface area contributed by atoms with E-state index in [2.05, 4.69) is 25.7 Å². The zero-order chi connectivity index (χ0) is 10.8. The molecule has 0 saturated carbocycles. The Hall–Kier alpha value is -2.09. The minimum atomic E-state index is 0.379. The third-order valence-electron chi connectivity index (χ3n) is 1.94. The minimum absolute atomic E-state index is 0.379. The molecule has 0 radical (unpaired) electrons. The van der Waals surface area contributed by atoms with Gasteiger partial charge in [0.2, 0.25) is 11.7 Å². The van der Waals surface area contributed by atoms with Crippen LogP contribution in [-0.4, -0.2) is 30.3 Å². The fraction of sp³-hybridized carbons (Fsp3) is 0.125. The Labute approximate surface area is 93.7 Å². The predicted molar refractivity (Wildman–Crippen MR) is 54.5 cm³/mol. The Morgan fingerprint density at radius 3 is 3.19 bits per heavy atom. The number of hydrogen-bond donors (Lipinski definition) is 0. The van der Waals surface area contributed by atoms with Crippen LogP contribution in [0, 0.1) is 0 Å². The lowest BCUT2D eigenvalue weighted by molar-refractivity contribution is 0.364. The van der Waals surface area contributed by atoms with Crippen molar-refractivity contribution in [3.63, 3.8) is 0 Å². The second kappa shape index (κ2) is 3.81. The van der Waals surface area contributed by atoms with Gasteiger partial charge in [0.05, 0.1) is 0 Å². The molecule has 8 heteroatoms. The Morgan fingerprint density at radius 1 is 1.44 bits per heavy atom. The summed E-state index contributed by atoms with van der Waals surface area (Å²) in [5.74, 6) is 1.07. The number of hydrogen-bond acceptors (Lipinski definition) is 7. The summed E-state index contributed by atoms with van der Waals surface area (Å²) in [5, 5.41) is 18.6. The highest BCUT2D eigenvalue weighted by molar-refractivity contribution is 7.08. The van der Waals surface area contributed by atoms with Gasteiger partial charge in [0.15, 0.2) is 0 Å². The Bertz CT molecular complexity index is 557. The topological polar surface area (TPSA) is 82.5 Å². The van der Waals surface area contributed by atoms with Crippen molar-refractivity contribution in [3.05, 3.63) is 29.0 Å².